The van der Waals surface area contributed by atoms with Crippen molar-refractivity contribution < 1.29 is 22.4 Å². The van der Waals surface area contributed by atoms with Gasteiger partial charge in [-0.1, -0.05) is 12.1 Å². The van der Waals surface area contributed by atoms with Gasteiger partial charge in [-0.2, -0.15) is 0 Å². The van der Waals surface area contributed by atoms with Crippen molar-refractivity contribution in [2.24, 2.45) is 0 Å². The molecule has 0 fully saturated rings. The number of hydrogen-bond donors (Lipinski definition) is 0. The smallest absolute Gasteiger partial charge is 0.199 e. The lowest BCUT2D eigenvalue weighted by Crippen LogP contribution is -2.09. The minimum absolute atomic E-state index is 0.401. The fourth-order valence-corrected chi connectivity index (χ4v) is 1.49. The van der Waals surface area contributed by atoms with E-state index < -0.39 is 40.2 Å². The summed E-state index contributed by atoms with van der Waals surface area (Å²) in [6, 6.07) is 6.29. The van der Waals surface area contributed by atoms with Crippen molar-refractivity contribution in [2.45, 2.75) is 0 Å². The summed E-state index contributed by atoms with van der Waals surface area (Å²) in [5.41, 5.74) is -1.11. The monoisotopic (exact) mass is 254 g/mol. The van der Waals surface area contributed by atoms with Crippen LogP contribution in [0.1, 0.15) is 15.9 Å². The van der Waals surface area contributed by atoms with Gasteiger partial charge in [-0.25, -0.2) is 17.6 Å². The molecule has 2 aromatic carbocycles. The van der Waals surface area contributed by atoms with Crippen LogP contribution in [0.4, 0.5) is 17.6 Å². The fraction of sp³-hybridized carbons (Fsp3) is 0. The molecule has 1 nitrogen and oxygen atoms in total. The number of ketones is 1. The molecule has 5 heteroatoms. The van der Waals surface area contributed by atoms with Crippen LogP contribution in [-0.4, -0.2) is 5.78 Å². The summed E-state index contributed by atoms with van der Waals surface area (Å²) >= 11 is 0. The average Bonchev–Trinajstić information content (AvgIpc) is 2.36. The third kappa shape index (κ3) is 1.99. The molecule has 0 spiro atoms. The molecule has 18 heavy (non-hydrogen) atoms. The van der Waals surface area contributed by atoms with Gasteiger partial charge >= 0.3 is 0 Å². The maximum Gasteiger partial charge on any atom is 0.199 e. The molecule has 92 valence electrons. The third-order valence-electron chi connectivity index (χ3n) is 2.40. The minimum Gasteiger partial charge on any atom is -0.288 e. The maximum absolute atomic E-state index is 13.4. The van der Waals surface area contributed by atoms with Gasteiger partial charge in [-0.05, 0) is 24.3 Å². The Morgan fingerprint density at radius 3 is 2.06 bits per heavy atom. The highest BCUT2D eigenvalue weighted by atomic mass is 19.2. The number of carbonyl (C=O) groups excluding carboxylic acids is 1. The zero-order valence-electron chi connectivity index (χ0n) is 8.88. The molecular formula is C13H6F4O. The molecule has 0 saturated carbocycles. The highest BCUT2D eigenvalue weighted by Gasteiger charge is 2.21. The predicted molar refractivity (Wildman–Crippen MR) is 56.1 cm³/mol. The molecule has 0 aliphatic heterocycles. The van der Waals surface area contributed by atoms with Crippen LogP contribution in [-0.2, 0) is 0 Å². The molecule has 0 N–H and O–H groups in total. The molecule has 0 unspecified atom stereocenters. The molecule has 2 aromatic rings. The summed E-state index contributed by atoms with van der Waals surface area (Å²) in [5, 5.41) is 0. The van der Waals surface area contributed by atoms with Gasteiger partial charge in [0.15, 0.2) is 23.2 Å². The summed E-state index contributed by atoms with van der Waals surface area (Å²) in [6.07, 6.45) is 0. The molecule has 0 aliphatic carbocycles. The first kappa shape index (κ1) is 12.3. The van der Waals surface area contributed by atoms with Crippen LogP contribution >= 0.6 is 0 Å². The van der Waals surface area contributed by atoms with Gasteiger partial charge < -0.3 is 0 Å². The van der Waals surface area contributed by atoms with Gasteiger partial charge in [-0.3, -0.25) is 4.79 Å². The van der Waals surface area contributed by atoms with Crippen LogP contribution in [0.3, 0.4) is 0 Å². The highest BCUT2D eigenvalue weighted by Crippen LogP contribution is 2.19. The van der Waals surface area contributed by atoms with Crippen molar-refractivity contribution in [1.29, 1.82) is 0 Å². The summed E-state index contributed by atoms with van der Waals surface area (Å²) in [6.45, 7) is 0. The Balaban J connectivity index is 2.54. The Kier molecular flexibility index (Phi) is 3.14. The molecule has 0 aliphatic rings. The normalized spacial score (nSPS) is 10.4. The number of halogens is 4. The third-order valence-corrected chi connectivity index (χ3v) is 2.40. The Bertz CT molecular complexity index is 622. The Morgan fingerprint density at radius 2 is 1.39 bits per heavy atom. The standard InChI is InChI=1S/C13H6F4O/c14-9-4-2-1-3-7(9)13(18)8-5-6-10(15)12(17)11(8)16/h1-6H. The lowest BCUT2D eigenvalue weighted by molar-refractivity contribution is 0.103. The van der Waals surface area contributed by atoms with Gasteiger partial charge in [0.25, 0.3) is 0 Å². The van der Waals surface area contributed by atoms with E-state index in [4.69, 9.17) is 0 Å². The number of carbonyl (C=O) groups is 1. The Labute approximate surface area is 99.7 Å². The number of benzene rings is 2. The van der Waals surface area contributed by atoms with Crippen LogP contribution in [0.5, 0.6) is 0 Å². The molecule has 0 radical (unpaired) electrons. The fourth-order valence-electron chi connectivity index (χ4n) is 1.49. The van der Waals surface area contributed by atoms with Crippen molar-refractivity contribution in [3.05, 3.63) is 70.8 Å². The topological polar surface area (TPSA) is 17.1 Å². The molecule has 0 amide bonds. The Morgan fingerprint density at radius 1 is 0.722 bits per heavy atom. The van der Waals surface area contributed by atoms with E-state index in [2.05, 4.69) is 0 Å². The largest absolute Gasteiger partial charge is 0.288 e. The van der Waals surface area contributed by atoms with E-state index >= 15 is 0 Å². The van der Waals surface area contributed by atoms with Crippen molar-refractivity contribution in [3.63, 3.8) is 0 Å². The quantitative estimate of drug-likeness (QED) is 0.455. The summed E-state index contributed by atoms with van der Waals surface area (Å²) < 4.78 is 52.4. The number of hydrogen-bond acceptors (Lipinski definition) is 1. The molecule has 0 aromatic heterocycles. The lowest BCUT2D eigenvalue weighted by Gasteiger charge is -2.05. The van der Waals surface area contributed by atoms with Crippen molar-refractivity contribution >= 4 is 5.78 Å². The summed E-state index contributed by atoms with van der Waals surface area (Å²) in [4.78, 5) is 11.8. The second-order valence-corrected chi connectivity index (χ2v) is 3.53. The van der Waals surface area contributed by atoms with Crippen LogP contribution in [0.15, 0.2) is 36.4 Å². The van der Waals surface area contributed by atoms with E-state index in [1.54, 1.807) is 0 Å². The van der Waals surface area contributed by atoms with Gasteiger partial charge in [-0.15, -0.1) is 0 Å². The van der Waals surface area contributed by atoms with E-state index in [0.29, 0.717) is 6.07 Å². The van der Waals surface area contributed by atoms with Crippen LogP contribution in [0, 0.1) is 23.3 Å². The van der Waals surface area contributed by atoms with Crippen LogP contribution in [0.25, 0.3) is 0 Å². The van der Waals surface area contributed by atoms with Gasteiger partial charge in [0.1, 0.15) is 5.82 Å². The van der Waals surface area contributed by atoms with Crippen molar-refractivity contribution in [2.75, 3.05) is 0 Å². The summed E-state index contributed by atoms with van der Waals surface area (Å²) in [5.74, 6) is -6.67. The van der Waals surface area contributed by atoms with Crippen molar-refractivity contribution in [1.82, 2.24) is 0 Å². The zero-order chi connectivity index (χ0) is 13.3. The molecule has 0 bridgehead atoms. The van der Waals surface area contributed by atoms with E-state index in [0.717, 1.165) is 18.2 Å². The molecule has 0 heterocycles. The number of rotatable bonds is 2. The van der Waals surface area contributed by atoms with Crippen LogP contribution in [0.2, 0.25) is 0 Å². The predicted octanol–water partition coefficient (Wildman–Crippen LogP) is 3.47. The minimum atomic E-state index is -1.75. The van der Waals surface area contributed by atoms with E-state index in [-0.39, 0.29) is 0 Å². The van der Waals surface area contributed by atoms with Gasteiger partial charge in [0.05, 0.1) is 11.1 Å². The molecule has 0 saturated heterocycles. The highest BCUT2D eigenvalue weighted by molar-refractivity contribution is 6.09. The van der Waals surface area contributed by atoms with Crippen molar-refractivity contribution in [3.8, 4) is 0 Å². The van der Waals surface area contributed by atoms with Gasteiger partial charge in [0.2, 0.25) is 0 Å². The SMILES string of the molecule is O=C(c1ccccc1F)c1ccc(F)c(F)c1F. The van der Waals surface area contributed by atoms with E-state index in [9.17, 15) is 22.4 Å². The van der Waals surface area contributed by atoms with Gasteiger partial charge in [0, 0.05) is 0 Å². The molecular weight excluding hydrogens is 248 g/mol. The second kappa shape index (κ2) is 4.60. The van der Waals surface area contributed by atoms with Crippen LogP contribution < -0.4 is 0 Å². The molecule has 2 rings (SSSR count). The second-order valence-electron chi connectivity index (χ2n) is 3.53. The molecule has 0 atom stereocenters. The zero-order valence-corrected chi connectivity index (χ0v) is 8.88. The lowest BCUT2D eigenvalue weighted by atomic mass is 10.0. The first-order valence-electron chi connectivity index (χ1n) is 4.95. The summed E-state index contributed by atoms with van der Waals surface area (Å²) in [7, 11) is 0. The maximum atomic E-state index is 13.4. The first-order chi connectivity index (χ1) is 8.52. The van der Waals surface area contributed by atoms with E-state index in [1.807, 2.05) is 0 Å². The average molecular weight is 254 g/mol. The first-order valence-corrected chi connectivity index (χ1v) is 4.95. The Hall–Kier alpha value is -2.17. The van der Waals surface area contributed by atoms with E-state index in [1.165, 1.54) is 12.1 Å².